The fraction of sp³-hybridized carbons (Fsp3) is 0.562. The van der Waals surface area contributed by atoms with Crippen molar-refractivity contribution in [2.24, 2.45) is 0 Å². The standard InChI is InChI=1S/C16H25ClN2O2/c1-12(7-6-10-20)18-15(21)19-16(2,3)11-13-8-4-5-9-14(13)17/h4-5,8-9,12,20H,6-7,10-11H2,1-3H3,(H2,18,19,21). The van der Waals surface area contributed by atoms with Crippen molar-refractivity contribution in [1.29, 1.82) is 0 Å². The van der Waals surface area contributed by atoms with E-state index in [1.165, 1.54) is 0 Å². The highest BCUT2D eigenvalue weighted by molar-refractivity contribution is 6.31. The third-order valence-corrected chi connectivity index (χ3v) is 3.58. The first-order valence-electron chi connectivity index (χ1n) is 7.27. The van der Waals surface area contributed by atoms with E-state index in [2.05, 4.69) is 10.6 Å². The summed E-state index contributed by atoms with van der Waals surface area (Å²) in [6.07, 6.45) is 2.10. The highest BCUT2D eigenvalue weighted by Crippen LogP contribution is 2.20. The van der Waals surface area contributed by atoms with Crippen LogP contribution in [0.2, 0.25) is 5.02 Å². The number of urea groups is 1. The van der Waals surface area contributed by atoms with E-state index < -0.39 is 5.54 Å². The Hall–Kier alpha value is -1.26. The molecule has 0 aromatic heterocycles. The molecule has 5 heteroatoms. The molecule has 0 aliphatic heterocycles. The SMILES string of the molecule is CC(CCCO)NC(=O)NC(C)(C)Cc1ccccc1Cl. The van der Waals surface area contributed by atoms with Gasteiger partial charge < -0.3 is 15.7 Å². The second-order valence-corrected chi connectivity index (χ2v) is 6.42. The number of benzene rings is 1. The van der Waals surface area contributed by atoms with Crippen molar-refractivity contribution in [3.8, 4) is 0 Å². The van der Waals surface area contributed by atoms with Gasteiger partial charge in [0, 0.05) is 23.2 Å². The molecule has 21 heavy (non-hydrogen) atoms. The van der Waals surface area contributed by atoms with Crippen molar-refractivity contribution >= 4 is 17.6 Å². The quantitative estimate of drug-likeness (QED) is 0.724. The lowest BCUT2D eigenvalue weighted by atomic mass is 9.95. The lowest BCUT2D eigenvalue weighted by Crippen LogP contribution is -2.51. The molecule has 0 spiro atoms. The van der Waals surface area contributed by atoms with Crippen LogP contribution in [0.15, 0.2) is 24.3 Å². The summed E-state index contributed by atoms with van der Waals surface area (Å²) < 4.78 is 0. The molecule has 1 rings (SSSR count). The molecule has 4 nitrogen and oxygen atoms in total. The molecule has 0 heterocycles. The van der Waals surface area contributed by atoms with E-state index in [1.807, 2.05) is 45.0 Å². The lowest BCUT2D eigenvalue weighted by Gasteiger charge is -2.28. The smallest absolute Gasteiger partial charge is 0.315 e. The van der Waals surface area contributed by atoms with Gasteiger partial charge >= 0.3 is 6.03 Å². The minimum Gasteiger partial charge on any atom is -0.396 e. The van der Waals surface area contributed by atoms with E-state index in [0.29, 0.717) is 17.9 Å². The molecular weight excluding hydrogens is 288 g/mol. The van der Waals surface area contributed by atoms with Crippen LogP contribution in [-0.4, -0.2) is 29.3 Å². The molecule has 0 saturated heterocycles. The molecule has 0 radical (unpaired) electrons. The summed E-state index contributed by atoms with van der Waals surface area (Å²) in [6.45, 7) is 6.00. The Morgan fingerprint density at radius 1 is 1.38 bits per heavy atom. The summed E-state index contributed by atoms with van der Waals surface area (Å²) in [7, 11) is 0. The molecule has 2 amide bonds. The van der Waals surface area contributed by atoms with Gasteiger partial charge in [-0.1, -0.05) is 29.8 Å². The molecule has 1 unspecified atom stereocenters. The van der Waals surface area contributed by atoms with Crippen molar-refractivity contribution in [3.63, 3.8) is 0 Å². The van der Waals surface area contributed by atoms with Crippen molar-refractivity contribution < 1.29 is 9.90 Å². The number of carbonyl (C=O) groups excluding carboxylic acids is 1. The molecule has 0 fully saturated rings. The average molecular weight is 313 g/mol. The van der Waals surface area contributed by atoms with Crippen LogP contribution in [0.4, 0.5) is 4.79 Å². The van der Waals surface area contributed by atoms with Gasteiger partial charge in [-0.3, -0.25) is 0 Å². The van der Waals surface area contributed by atoms with E-state index in [0.717, 1.165) is 12.0 Å². The molecule has 118 valence electrons. The zero-order valence-corrected chi connectivity index (χ0v) is 13.7. The Morgan fingerprint density at radius 2 is 2.05 bits per heavy atom. The number of aliphatic hydroxyl groups is 1. The van der Waals surface area contributed by atoms with Gasteiger partial charge in [0.05, 0.1) is 0 Å². The predicted molar refractivity (Wildman–Crippen MR) is 86.7 cm³/mol. The third-order valence-electron chi connectivity index (χ3n) is 3.21. The minimum absolute atomic E-state index is 0.0354. The third kappa shape index (κ3) is 6.82. The zero-order valence-electron chi connectivity index (χ0n) is 12.9. The van der Waals surface area contributed by atoms with Crippen LogP contribution in [0.3, 0.4) is 0 Å². The van der Waals surface area contributed by atoms with Crippen LogP contribution in [0.1, 0.15) is 39.2 Å². The number of rotatable bonds is 7. The molecule has 3 N–H and O–H groups in total. The monoisotopic (exact) mass is 312 g/mol. The fourth-order valence-electron chi connectivity index (χ4n) is 2.20. The van der Waals surface area contributed by atoms with Gasteiger partial charge in [0.1, 0.15) is 0 Å². The van der Waals surface area contributed by atoms with E-state index in [9.17, 15) is 4.79 Å². The van der Waals surface area contributed by atoms with Crippen molar-refractivity contribution in [1.82, 2.24) is 10.6 Å². The average Bonchev–Trinajstić information content (AvgIpc) is 2.38. The van der Waals surface area contributed by atoms with E-state index in [-0.39, 0.29) is 18.7 Å². The molecule has 0 bridgehead atoms. The molecule has 0 aliphatic carbocycles. The number of amides is 2. The first kappa shape index (κ1) is 17.8. The first-order chi connectivity index (χ1) is 9.84. The Morgan fingerprint density at radius 3 is 2.67 bits per heavy atom. The molecule has 0 aliphatic rings. The summed E-state index contributed by atoms with van der Waals surface area (Å²) in [6, 6.07) is 7.49. The maximum atomic E-state index is 12.0. The number of hydrogen-bond donors (Lipinski definition) is 3. The Balaban J connectivity index is 2.51. The van der Waals surface area contributed by atoms with Gasteiger partial charge in [-0.25, -0.2) is 4.79 Å². The maximum absolute atomic E-state index is 12.0. The molecule has 1 atom stereocenters. The van der Waals surface area contributed by atoms with Crippen LogP contribution < -0.4 is 10.6 Å². The van der Waals surface area contributed by atoms with Crippen LogP contribution >= 0.6 is 11.6 Å². The minimum atomic E-state index is -0.397. The largest absolute Gasteiger partial charge is 0.396 e. The van der Waals surface area contributed by atoms with Crippen molar-refractivity contribution in [3.05, 3.63) is 34.9 Å². The van der Waals surface area contributed by atoms with Gasteiger partial charge in [-0.15, -0.1) is 0 Å². The lowest BCUT2D eigenvalue weighted by molar-refractivity contribution is 0.223. The molecule has 1 aromatic rings. The maximum Gasteiger partial charge on any atom is 0.315 e. The van der Waals surface area contributed by atoms with Gasteiger partial charge in [0.25, 0.3) is 0 Å². The zero-order chi connectivity index (χ0) is 15.9. The normalized spacial score (nSPS) is 12.8. The van der Waals surface area contributed by atoms with Gasteiger partial charge in [-0.2, -0.15) is 0 Å². The summed E-state index contributed by atoms with van der Waals surface area (Å²) in [5, 5.41) is 15.3. The van der Waals surface area contributed by atoms with Crippen molar-refractivity contribution in [2.45, 2.75) is 51.6 Å². The summed E-state index contributed by atoms with van der Waals surface area (Å²) >= 11 is 6.16. The fourth-order valence-corrected chi connectivity index (χ4v) is 2.40. The summed E-state index contributed by atoms with van der Waals surface area (Å²) in [5.74, 6) is 0. The van der Waals surface area contributed by atoms with Crippen LogP contribution in [0, 0.1) is 0 Å². The first-order valence-corrected chi connectivity index (χ1v) is 7.65. The molecular formula is C16H25ClN2O2. The Kier molecular flexibility index (Phi) is 6.99. The van der Waals surface area contributed by atoms with Crippen molar-refractivity contribution in [2.75, 3.05) is 6.61 Å². The highest BCUT2D eigenvalue weighted by atomic mass is 35.5. The van der Waals surface area contributed by atoms with E-state index in [1.54, 1.807) is 0 Å². The number of nitrogens with one attached hydrogen (secondary N) is 2. The van der Waals surface area contributed by atoms with Crippen LogP contribution in [-0.2, 0) is 6.42 Å². The number of halogens is 1. The summed E-state index contributed by atoms with van der Waals surface area (Å²) in [4.78, 5) is 12.0. The molecule has 1 aromatic carbocycles. The van der Waals surface area contributed by atoms with Gasteiger partial charge in [-0.05, 0) is 51.7 Å². The number of aliphatic hydroxyl groups excluding tert-OH is 1. The summed E-state index contributed by atoms with van der Waals surface area (Å²) in [5.41, 5.74) is 0.615. The number of carbonyl (C=O) groups is 1. The Bertz CT molecular complexity index is 463. The highest BCUT2D eigenvalue weighted by Gasteiger charge is 2.22. The van der Waals surface area contributed by atoms with Gasteiger partial charge in [0.2, 0.25) is 0 Å². The van der Waals surface area contributed by atoms with E-state index >= 15 is 0 Å². The topological polar surface area (TPSA) is 61.4 Å². The second-order valence-electron chi connectivity index (χ2n) is 6.02. The van der Waals surface area contributed by atoms with Crippen LogP contribution in [0.25, 0.3) is 0 Å². The second kappa shape index (κ2) is 8.25. The number of hydrogen-bond acceptors (Lipinski definition) is 2. The van der Waals surface area contributed by atoms with Crippen LogP contribution in [0.5, 0.6) is 0 Å². The van der Waals surface area contributed by atoms with Gasteiger partial charge in [0.15, 0.2) is 0 Å². The predicted octanol–water partition coefficient (Wildman–Crippen LogP) is 3.12. The van der Waals surface area contributed by atoms with E-state index in [4.69, 9.17) is 16.7 Å². The molecule has 0 saturated carbocycles. The Labute approximate surface area is 131 Å².